The number of ether oxygens (including phenoxy) is 1. The van der Waals surface area contributed by atoms with E-state index < -0.39 is 5.97 Å². The quantitative estimate of drug-likeness (QED) is 0.266. The molecule has 0 fully saturated rings. The fourth-order valence-electron chi connectivity index (χ4n) is 0.685. The van der Waals surface area contributed by atoms with Crippen molar-refractivity contribution in [2.45, 2.75) is 20.3 Å². The van der Waals surface area contributed by atoms with Crippen LogP contribution in [0.3, 0.4) is 0 Å². The van der Waals surface area contributed by atoms with E-state index in [1.807, 2.05) is 6.92 Å². The number of esters is 1. The van der Waals surface area contributed by atoms with Crippen LogP contribution in [0.25, 0.3) is 0 Å². The van der Waals surface area contributed by atoms with E-state index in [-0.39, 0.29) is 11.4 Å². The van der Waals surface area contributed by atoms with Crippen LogP contribution in [-0.2, 0) is 14.3 Å². The van der Waals surface area contributed by atoms with Crippen LogP contribution in [0.1, 0.15) is 20.3 Å². The van der Waals surface area contributed by atoms with E-state index in [0.29, 0.717) is 6.42 Å². The molecule has 0 rings (SSSR count). The minimum atomic E-state index is -0.556. The second-order valence-corrected chi connectivity index (χ2v) is 2.07. The maximum Gasteiger partial charge on any atom is 0.341 e. The van der Waals surface area contributed by atoms with E-state index >= 15 is 0 Å². The fraction of sp³-hybridized carbons (Fsp3) is 0.500. The van der Waals surface area contributed by atoms with Crippen LogP contribution >= 0.6 is 0 Å². The summed E-state index contributed by atoms with van der Waals surface area (Å²) >= 11 is 0. The lowest BCUT2D eigenvalue weighted by Gasteiger charge is -1.98. The molecular formula is C8H12O3. The summed E-state index contributed by atoms with van der Waals surface area (Å²) in [7, 11) is 1.26. The summed E-state index contributed by atoms with van der Waals surface area (Å²) in [5, 5.41) is 0. The van der Waals surface area contributed by atoms with Gasteiger partial charge in [-0.2, -0.15) is 0 Å². The molecule has 0 atom stereocenters. The molecule has 0 radical (unpaired) electrons. The first-order chi connectivity index (χ1) is 5.13. The van der Waals surface area contributed by atoms with Crippen molar-refractivity contribution in [2.75, 3.05) is 7.11 Å². The zero-order chi connectivity index (χ0) is 8.85. The van der Waals surface area contributed by atoms with Gasteiger partial charge in [-0.3, -0.25) is 4.79 Å². The van der Waals surface area contributed by atoms with Crippen LogP contribution in [0.5, 0.6) is 0 Å². The summed E-state index contributed by atoms with van der Waals surface area (Å²) < 4.78 is 4.40. The molecule has 3 nitrogen and oxygen atoms in total. The number of rotatable bonds is 3. The zero-order valence-electron chi connectivity index (χ0n) is 7.01. The van der Waals surface area contributed by atoms with E-state index in [4.69, 9.17) is 0 Å². The highest BCUT2D eigenvalue weighted by Gasteiger charge is 2.12. The number of hydrogen-bond acceptors (Lipinski definition) is 3. The SMILES string of the molecule is CC/C=C(/C(C)=O)C(=O)OC. The molecule has 0 N–H and O–H groups in total. The fourth-order valence-corrected chi connectivity index (χ4v) is 0.685. The van der Waals surface area contributed by atoms with E-state index in [0.717, 1.165) is 0 Å². The van der Waals surface area contributed by atoms with Crippen LogP contribution in [0.4, 0.5) is 0 Å². The molecule has 0 aliphatic rings. The first-order valence-electron chi connectivity index (χ1n) is 3.42. The predicted octanol–water partition coefficient (Wildman–Crippen LogP) is 1.08. The predicted molar refractivity (Wildman–Crippen MR) is 41.1 cm³/mol. The normalized spacial score (nSPS) is 11.0. The summed E-state index contributed by atoms with van der Waals surface area (Å²) in [5.41, 5.74) is 0.134. The Morgan fingerprint density at radius 1 is 1.45 bits per heavy atom. The van der Waals surface area contributed by atoms with E-state index in [1.54, 1.807) is 6.08 Å². The number of methoxy groups -OCH3 is 1. The summed E-state index contributed by atoms with van der Waals surface area (Å²) in [6.45, 7) is 3.20. The van der Waals surface area contributed by atoms with E-state index in [9.17, 15) is 9.59 Å². The number of hydrogen-bond donors (Lipinski definition) is 0. The van der Waals surface area contributed by atoms with Crippen molar-refractivity contribution in [3.8, 4) is 0 Å². The molecule has 0 aromatic heterocycles. The highest BCUT2D eigenvalue weighted by Crippen LogP contribution is 2.00. The second kappa shape index (κ2) is 4.66. The molecule has 0 aliphatic heterocycles. The van der Waals surface area contributed by atoms with Crippen LogP contribution in [0.15, 0.2) is 11.6 Å². The van der Waals surface area contributed by atoms with Gasteiger partial charge in [-0.15, -0.1) is 0 Å². The van der Waals surface area contributed by atoms with Gasteiger partial charge in [-0.05, 0) is 13.3 Å². The average Bonchev–Trinajstić information content (AvgIpc) is 1.98. The molecule has 0 saturated carbocycles. The van der Waals surface area contributed by atoms with Gasteiger partial charge in [0.2, 0.25) is 0 Å². The average molecular weight is 156 g/mol. The van der Waals surface area contributed by atoms with Crippen molar-refractivity contribution in [1.29, 1.82) is 0 Å². The van der Waals surface area contributed by atoms with Crippen LogP contribution in [0, 0.1) is 0 Å². The highest BCUT2D eigenvalue weighted by atomic mass is 16.5. The lowest BCUT2D eigenvalue weighted by molar-refractivity contribution is -0.137. The molecule has 0 unspecified atom stereocenters. The van der Waals surface area contributed by atoms with Crippen molar-refractivity contribution in [1.82, 2.24) is 0 Å². The summed E-state index contributed by atoms with van der Waals surface area (Å²) in [6, 6.07) is 0. The number of carbonyl (C=O) groups is 2. The third-order valence-electron chi connectivity index (χ3n) is 1.19. The molecule has 0 aliphatic carbocycles. The van der Waals surface area contributed by atoms with Gasteiger partial charge in [-0.25, -0.2) is 4.79 Å². The molecule has 0 bridgehead atoms. The van der Waals surface area contributed by atoms with Crippen molar-refractivity contribution in [2.24, 2.45) is 0 Å². The van der Waals surface area contributed by atoms with Gasteiger partial charge in [0.1, 0.15) is 0 Å². The minimum absolute atomic E-state index is 0.134. The summed E-state index contributed by atoms with van der Waals surface area (Å²) in [5.74, 6) is -0.807. The largest absolute Gasteiger partial charge is 0.465 e. The molecule has 3 heteroatoms. The number of Topliss-reactive ketones (excluding diaryl/α,β-unsaturated/α-hetero) is 1. The lowest BCUT2D eigenvalue weighted by Crippen LogP contribution is -2.11. The number of ketones is 1. The van der Waals surface area contributed by atoms with Gasteiger partial charge in [0, 0.05) is 0 Å². The molecule has 0 saturated heterocycles. The third kappa shape index (κ3) is 2.98. The molecule has 0 heterocycles. The Bertz CT molecular complexity index is 192. The monoisotopic (exact) mass is 156 g/mol. The number of carbonyl (C=O) groups excluding carboxylic acids is 2. The Morgan fingerprint density at radius 3 is 2.27 bits per heavy atom. The molecule has 62 valence electrons. The molecule has 0 spiro atoms. The molecule has 0 aromatic carbocycles. The van der Waals surface area contributed by atoms with Gasteiger partial charge < -0.3 is 4.74 Å². The summed E-state index contributed by atoms with van der Waals surface area (Å²) in [4.78, 5) is 21.6. The Hall–Kier alpha value is -1.12. The zero-order valence-corrected chi connectivity index (χ0v) is 7.01. The molecule has 11 heavy (non-hydrogen) atoms. The van der Waals surface area contributed by atoms with E-state index in [1.165, 1.54) is 14.0 Å². The van der Waals surface area contributed by atoms with Crippen LogP contribution in [0.2, 0.25) is 0 Å². The van der Waals surface area contributed by atoms with Crippen molar-refractivity contribution < 1.29 is 14.3 Å². The second-order valence-electron chi connectivity index (χ2n) is 2.07. The van der Waals surface area contributed by atoms with E-state index in [2.05, 4.69) is 4.74 Å². The van der Waals surface area contributed by atoms with Crippen LogP contribution < -0.4 is 0 Å². The molecule has 0 aromatic rings. The smallest absolute Gasteiger partial charge is 0.341 e. The maximum atomic E-state index is 10.8. The maximum absolute atomic E-state index is 10.8. The van der Waals surface area contributed by atoms with Crippen molar-refractivity contribution in [3.05, 3.63) is 11.6 Å². The lowest BCUT2D eigenvalue weighted by atomic mass is 10.1. The molecular weight excluding hydrogens is 144 g/mol. The van der Waals surface area contributed by atoms with Crippen molar-refractivity contribution in [3.63, 3.8) is 0 Å². The van der Waals surface area contributed by atoms with Crippen molar-refractivity contribution >= 4 is 11.8 Å². The number of allylic oxidation sites excluding steroid dienone is 1. The first kappa shape index (κ1) is 9.88. The van der Waals surface area contributed by atoms with Gasteiger partial charge >= 0.3 is 5.97 Å². The Labute approximate surface area is 66.0 Å². The standard InChI is InChI=1S/C8H12O3/c1-4-5-7(6(2)9)8(10)11-3/h5H,4H2,1-3H3/b7-5-. The Morgan fingerprint density at radius 2 is 2.00 bits per heavy atom. The Balaban J connectivity index is 4.48. The Kier molecular flexibility index (Phi) is 4.18. The van der Waals surface area contributed by atoms with Crippen LogP contribution in [-0.4, -0.2) is 18.9 Å². The topological polar surface area (TPSA) is 43.4 Å². The minimum Gasteiger partial charge on any atom is -0.465 e. The highest BCUT2D eigenvalue weighted by molar-refractivity contribution is 6.16. The van der Waals surface area contributed by atoms with Gasteiger partial charge in [0.05, 0.1) is 12.7 Å². The first-order valence-corrected chi connectivity index (χ1v) is 3.42. The van der Waals surface area contributed by atoms with Gasteiger partial charge in [-0.1, -0.05) is 13.0 Å². The van der Waals surface area contributed by atoms with Gasteiger partial charge in [0.15, 0.2) is 5.78 Å². The summed E-state index contributed by atoms with van der Waals surface area (Å²) in [6.07, 6.45) is 2.22. The molecule has 0 amide bonds. The third-order valence-corrected chi connectivity index (χ3v) is 1.19. The van der Waals surface area contributed by atoms with Gasteiger partial charge in [0.25, 0.3) is 0 Å².